The van der Waals surface area contributed by atoms with E-state index in [1.807, 2.05) is 55.5 Å². The van der Waals surface area contributed by atoms with Gasteiger partial charge in [-0.05, 0) is 140 Å². The molecule has 1 atom stereocenters. The van der Waals surface area contributed by atoms with Gasteiger partial charge in [-0.15, -0.1) is 17.5 Å². The van der Waals surface area contributed by atoms with E-state index in [-0.39, 0.29) is 42.1 Å². The van der Waals surface area contributed by atoms with Gasteiger partial charge >= 0.3 is 0 Å². The molecule has 4 aromatic rings. The molecular weight excluding hydrogens is 654 g/mol. The number of anilines is 1. The second-order valence-corrected chi connectivity index (χ2v) is 13.3. The van der Waals surface area contributed by atoms with Crippen molar-refractivity contribution in [2.75, 3.05) is 25.0 Å². The van der Waals surface area contributed by atoms with Gasteiger partial charge < -0.3 is 27.0 Å². The van der Waals surface area contributed by atoms with Crippen LogP contribution in [0.2, 0.25) is 0 Å². The number of carbonyl (C=O) groups excluding carboxylic acids is 3. The Balaban J connectivity index is 0.00000486. The van der Waals surface area contributed by atoms with Gasteiger partial charge in [0, 0.05) is 35.2 Å². The summed E-state index contributed by atoms with van der Waals surface area (Å²) in [5, 5.41) is 26.4. The normalized spacial score (nSPS) is 18.4. The Hall–Kier alpha value is -4.65. The molecule has 264 valence electrons. The van der Waals surface area contributed by atoms with Crippen LogP contribution < -0.4 is 27.0 Å². The topological polar surface area (TPSA) is 180 Å². The zero-order chi connectivity index (χ0) is 34.2. The summed E-state index contributed by atoms with van der Waals surface area (Å²) in [6, 6.07) is 20.4. The first-order chi connectivity index (χ1) is 23.9. The lowest BCUT2D eigenvalue weighted by molar-refractivity contribution is -0.130. The van der Waals surface area contributed by atoms with Crippen LogP contribution in [-0.4, -0.2) is 70.1 Å². The van der Waals surface area contributed by atoms with Crippen LogP contribution >= 0.6 is 12.4 Å². The summed E-state index contributed by atoms with van der Waals surface area (Å²) in [5.74, 6) is 0.367. The van der Waals surface area contributed by atoms with Gasteiger partial charge in [-0.1, -0.05) is 30.3 Å². The molecule has 1 aromatic heterocycles. The third kappa shape index (κ3) is 9.32. The van der Waals surface area contributed by atoms with Crippen LogP contribution in [0, 0.1) is 18.8 Å². The van der Waals surface area contributed by atoms with E-state index in [0.29, 0.717) is 36.0 Å². The van der Waals surface area contributed by atoms with E-state index in [0.717, 1.165) is 79.4 Å². The van der Waals surface area contributed by atoms with E-state index < -0.39 is 6.04 Å². The van der Waals surface area contributed by atoms with E-state index in [4.69, 9.17) is 5.73 Å². The summed E-state index contributed by atoms with van der Waals surface area (Å²) in [6.07, 6.45) is 5.52. The fourth-order valence-electron chi connectivity index (χ4n) is 6.85. The van der Waals surface area contributed by atoms with Crippen molar-refractivity contribution in [3.8, 4) is 22.5 Å². The predicted molar refractivity (Wildman–Crippen MR) is 196 cm³/mol. The number of aryl methyl sites for hydroxylation is 1. The Labute approximate surface area is 298 Å². The number of rotatable bonds is 11. The molecule has 1 aliphatic heterocycles. The molecule has 2 aliphatic rings. The standard InChI is InChI=1S/C37H45N9O3.ClH/c1-23-19-29(36(48)40-31-15-17-39-18-16-31)11-14-32(23)28-4-2-3-25(20-28)21-33(42-35(47)27-7-5-24(22-38)6-8-27)37(49)41-30-12-9-26(10-13-30)34-43-45-46-44-34;/h2-4,9-14,19-20,24,27,31,33,39H,5-8,15-18,21-22,38H2,1H3,(H,40,48)(H,41,49)(H,42,47)(H,43,44,45,46);1H/t24?,27?,33-;/m0./s1. The summed E-state index contributed by atoms with van der Waals surface area (Å²) in [5.41, 5.74) is 11.8. The molecule has 0 bridgehead atoms. The number of amides is 3. The van der Waals surface area contributed by atoms with Gasteiger partial charge in [0.05, 0.1) is 0 Å². The smallest absolute Gasteiger partial charge is 0.251 e. The Morgan fingerprint density at radius 1 is 0.920 bits per heavy atom. The number of hydrogen-bond donors (Lipinski definition) is 6. The van der Waals surface area contributed by atoms with Crippen molar-refractivity contribution < 1.29 is 14.4 Å². The lowest BCUT2D eigenvalue weighted by Crippen LogP contribution is -2.48. The number of piperidine rings is 1. The van der Waals surface area contributed by atoms with Crippen LogP contribution in [0.5, 0.6) is 0 Å². The van der Waals surface area contributed by atoms with E-state index in [1.54, 1.807) is 12.1 Å². The highest BCUT2D eigenvalue weighted by atomic mass is 35.5. The van der Waals surface area contributed by atoms with Crippen molar-refractivity contribution in [2.45, 2.75) is 64.0 Å². The molecule has 1 saturated carbocycles. The second kappa shape index (κ2) is 17.3. The van der Waals surface area contributed by atoms with Crippen LogP contribution in [0.4, 0.5) is 5.69 Å². The number of nitrogens with zero attached hydrogens (tertiary/aromatic N) is 3. The molecule has 3 aromatic carbocycles. The number of benzene rings is 3. The first-order valence-corrected chi connectivity index (χ1v) is 17.2. The molecule has 6 rings (SSSR count). The Bertz CT molecular complexity index is 1740. The molecule has 0 radical (unpaired) electrons. The quantitative estimate of drug-likeness (QED) is 0.135. The Kier molecular flexibility index (Phi) is 12.7. The molecule has 50 heavy (non-hydrogen) atoms. The van der Waals surface area contributed by atoms with Crippen LogP contribution in [0.3, 0.4) is 0 Å². The van der Waals surface area contributed by atoms with Crippen molar-refractivity contribution in [1.29, 1.82) is 0 Å². The van der Waals surface area contributed by atoms with E-state index in [1.165, 1.54) is 0 Å². The molecule has 13 heteroatoms. The van der Waals surface area contributed by atoms with Crippen molar-refractivity contribution in [3.05, 3.63) is 83.4 Å². The molecular formula is C37H46ClN9O3. The van der Waals surface area contributed by atoms with Crippen molar-refractivity contribution in [2.24, 2.45) is 17.6 Å². The molecule has 0 unspecified atom stereocenters. The summed E-state index contributed by atoms with van der Waals surface area (Å²) >= 11 is 0. The SMILES string of the molecule is Cc1cc(C(=O)NC2CCNCC2)ccc1-c1cccc(C[C@H](NC(=O)C2CCC(CN)CC2)C(=O)Nc2ccc(-c3nnn[nH]3)cc2)c1.Cl. The summed E-state index contributed by atoms with van der Waals surface area (Å²) in [7, 11) is 0. The molecule has 1 aliphatic carbocycles. The van der Waals surface area contributed by atoms with Gasteiger partial charge in [-0.25, -0.2) is 5.10 Å². The molecule has 7 N–H and O–H groups in total. The summed E-state index contributed by atoms with van der Waals surface area (Å²) < 4.78 is 0. The van der Waals surface area contributed by atoms with E-state index in [9.17, 15) is 14.4 Å². The summed E-state index contributed by atoms with van der Waals surface area (Å²) in [6.45, 7) is 4.46. The number of carbonyl (C=O) groups is 3. The van der Waals surface area contributed by atoms with Gasteiger partial charge in [0.2, 0.25) is 11.8 Å². The highest BCUT2D eigenvalue weighted by Gasteiger charge is 2.29. The minimum absolute atomic E-state index is 0. The number of hydrogen-bond acceptors (Lipinski definition) is 8. The van der Waals surface area contributed by atoms with Crippen molar-refractivity contribution in [1.82, 2.24) is 36.6 Å². The minimum Gasteiger partial charge on any atom is -0.349 e. The number of aromatic amines is 1. The van der Waals surface area contributed by atoms with Crippen LogP contribution in [0.25, 0.3) is 22.5 Å². The zero-order valence-corrected chi connectivity index (χ0v) is 29.1. The van der Waals surface area contributed by atoms with Crippen LogP contribution in [0.1, 0.15) is 60.0 Å². The molecule has 12 nitrogen and oxygen atoms in total. The first kappa shape index (κ1) is 36.6. The largest absolute Gasteiger partial charge is 0.349 e. The van der Waals surface area contributed by atoms with Crippen molar-refractivity contribution >= 4 is 35.8 Å². The van der Waals surface area contributed by atoms with Crippen molar-refractivity contribution in [3.63, 3.8) is 0 Å². The lowest BCUT2D eigenvalue weighted by Gasteiger charge is -2.28. The zero-order valence-electron chi connectivity index (χ0n) is 28.3. The van der Waals surface area contributed by atoms with Gasteiger partial charge in [-0.3, -0.25) is 14.4 Å². The maximum Gasteiger partial charge on any atom is 0.251 e. The van der Waals surface area contributed by atoms with Crippen LogP contribution in [-0.2, 0) is 16.0 Å². The average Bonchev–Trinajstić information content (AvgIpc) is 3.67. The number of H-pyrrole nitrogens is 1. The molecule has 1 saturated heterocycles. The highest BCUT2D eigenvalue weighted by Crippen LogP contribution is 2.29. The van der Waals surface area contributed by atoms with Gasteiger partial charge in [0.25, 0.3) is 5.91 Å². The van der Waals surface area contributed by atoms with Gasteiger partial charge in [0.1, 0.15) is 6.04 Å². The van der Waals surface area contributed by atoms with E-state index in [2.05, 4.69) is 48.0 Å². The summed E-state index contributed by atoms with van der Waals surface area (Å²) in [4.78, 5) is 40.2. The Morgan fingerprint density at radius 3 is 2.36 bits per heavy atom. The number of aromatic nitrogens is 4. The molecule has 3 amide bonds. The fourth-order valence-corrected chi connectivity index (χ4v) is 6.85. The highest BCUT2D eigenvalue weighted by molar-refractivity contribution is 5.98. The third-order valence-corrected chi connectivity index (χ3v) is 9.80. The maximum absolute atomic E-state index is 13.8. The number of nitrogens with two attached hydrogens (primary N) is 1. The number of halogens is 1. The molecule has 0 spiro atoms. The lowest BCUT2D eigenvalue weighted by atomic mass is 9.81. The molecule has 2 heterocycles. The molecule has 2 fully saturated rings. The fraction of sp³-hybridized carbons (Fsp3) is 0.405. The first-order valence-electron chi connectivity index (χ1n) is 17.2. The van der Waals surface area contributed by atoms with E-state index >= 15 is 0 Å². The monoisotopic (exact) mass is 699 g/mol. The number of tetrazole rings is 1. The van der Waals surface area contributed by atoms with Gasteiger partial charge in [0.15, 0.2) is 5.82 Å². The van der Waals surface area contributed by atoms with Crippen LogP contribution in [0.15, 0.2) is 66.7 Å². The minimum atomic E-state index is -0.796. The average molecular weight is 700 g/mol. The van der Waals surface area contributed by atoms with Gasteiger partial charge in [-0.2, -0.15) is 0 Å². The maximum atomic E-state index is 13.8. The third-order valence-electron chi connectivity index (χ3n) is 9.80. The number of nitrogens with one attached hydrogen (secondary N) is 5. The predicted octanol–water partition coefficient (Wildman–Crippen LogP) is 4.18. The Morgan fingerprint density at radius 2 is 1.68 bits per heavy atom. The second-order valence-electron chi connectivity index (χ2n) is 13.3.